The molecular weight excluding hydrogens is 312 g/mol. The Balaban J connectivity index is 1.63. The summed E-state index contributed by atoms with van der Waals surface area (Å²) in [4.78, 5) is 2.70. The summed E-state index contributed by atoms with van der Waals surface area (Å²) in [5.41, 5.74) is 1.15. The minimum atomic E-state index is -3.38. The van der Waals surface area contributed by atoms with Gasteiger partial charge in [0.25, 0.3) is 0 Å². The van der Waals surface area contributed by atoms with Crippen LogP contribution in [0.1, 0.15) is 31.7 Å². The summed E-state index contributed by atoms with van der Waals surface area (Å²) in [5.74, 6) is 0. The summed E-state index contributed by atoms with van der Waals surface area (Å²) >= 11 is 0. The first-order valence-electron chi connectivity index (χ1n) is 8.52. The molecule has 1 aromatic rings. The Bertz CT molecular complexity index is 622. The van der Waals surface area contributed by atoms with Gasteiger partial charge in [0.05, 0.1) is 11.0 Å². The molecule has 0 aliphatic carbocycles. The van der Waals surface area contributed by atoms with Crippen molar-refractivity contribution in [1.29, 1.82) is 0 Å². The zero-order valence-corrected chi connectivity index (χ0v) is 14.5. The fourth-order valence-electron chi connectivity index (χ4n) is 3.59. The summed E-state index contributed by atoms with van der Waals surface area (Å²) in [7, 11) is -3.38. The predicted octanol–water partition coefficient (Wildman–Crippen LogP) is 1.47. The van der Waals surface area contributed by atoms with Gasteiger partial charge in [-0.3, -0.25) is 4.90 Å². The molecule has 1 atom stereocenters. The van der Waals surface area contributed by atoms with Crippen LogP contribution in [0.25, 0.3) is 0 Å². The van der Waals surface area contributed by atoms with Crippen LogP contribution in [0.5, 0.6) is 0 Å². The predicted molar refractivity (Wildman–Crippen MR) is 89.8 cm³/mol. The van der Waals surface area contributed by atoms with Gasteiger partial charge in [0, 0.05) is 32.2 Å². The Morgan fingerprint density at radius 1 is 1.09 bits per heavy atom. The number of likely N-dealkylation sites (tertiary alicyclic amines) is 1. The van der Waals surface area contributed by atoms with E-state index in [9.17, 15) is 13.5 Å². The molecule has 23 heavy (non-hydrogen) atoms. The SMILES string of the molecule is CCc1ccc(S(=O)(=O)N2CCC(N3CCC(O)C3)CC2)cc1. The highest BCUT2D eigenvalue weighted by atomic mass is 32.2. The third-order valence-electron chi connectivity index (χ3n) is 5.10. The first kappa shape index (κ1) is 16.9. The molecular formula is C17H26N2O3S. The van der Waals surface area contributed by atoms with Gasteiger partial charge < -0.3 is 5.11 Å². The summed E-state index contributed by atoms with van der Waals surface area (Å²) in [6, 6.07) is 7.63. The van der Waals surface area contributed by atoms with Crippen molar-refractivity contribution >= 4 is 10.0 Å². The number of aliphatic hydroxyl groups is 1. The van der Waals surface area contributed by atoms with E-state index in [1.54, 1.807) is 16.4 Å². The van der Waals surface area contributed by atoms with Crippen LogP contribution in [0.15, 0.2) is 29.2 Å². The second-order valence-corrected chi connectivity index (χ2v) is 8.51. The van der Waals surface area contributed by atoms with Crippen molar-refractivity contribution in [3.05, 3.63) is 29.8 Å². The fraction of sp³-hybridized carbons (Fsp3) is 0.647. The van der Waals surface area contributed by atoms with E-state index in [-0.39, 0.29) is 6.10 Å². The molecule has 2 aliphatic heterocycles. The minimum absolute atomic E-state index is 0.214. The molecule has 0 amide bonds. The molecule has 2 heterocycles. The van der Waals surface area contributed by atoms with E-state index < -0.39 is 10.0 Å². The molecule has 128 valence electrons. The molecule has 1 aromatic carbocycles. The maximum Gasteiger partial charge on any atom is 0.243 e. The molecule has 0 radical (unpaired) electrons. The Morgan fingerprint density at radius 3 is 2.26 bits per heavy atom. The van der Waals surface area contributed by atoms with Crippen LogP contribution >= 0.6 is 0 Å². The molecule has 6 heteroatoms. The first-order valence-corrected chi connectivity index (χ1v) is 9.96. The molecule has 1 N–H and O–H groups in total. The van der Waals surface area contributed by atoms with Crippen LogP contribution in [0.4, 0.5) is 0 Å². The van der Waals surface area contributed by atoms with Crippen molar-refractivity contribution in [1.82, 2.24) is 9.21 Å². The van der Waals surface area contributed by atoms with Crippen LogP contribution in [-0.4, -0.2) is 61.1 Å². The van der Waals surface area contributed by atoms with E-state index in [1.165, 1.54) is 0 Å². The molecule has 2 aliphatic rings. The average Bonchev–Trinajstić information content (AvgIpc) is 3.01. The van der Waals surface area contributed by atoms with E-state index in [2.05, 4.69) is 11.8 Å². The summed E-state index contributed by atoms with van der Waals surface area (Å²) < 4.78 is 27.1. The zero-order chi connectivity index (χ0) is 16.4. The zero-order valence-electron chi connectivity index (χ0n) is 13.7. The van der Waals surface area contributed by atoms with Crippen molar-refractivity contribution in [3.63, 3.8) is 0 Å². The Morgan fingerprint density at radius 2 is 1.74 bits per heavy atom. The van der Waals surface area contributed by atoms with Crippen molar-refractivity contribution < 1.29 is 13.5 Å². The number of piperidine rings is 1. The number of aliphatic hydroxyl groups excluding tert-OH is 1. The number of rotatable bonds is 4. The van der Waals surface area contributed by atoms with Crippen molar-refractivity contribution in [2.45, 2.75) is 49.6 Å². The largest absolute Gasteiger partial charge is 0.392 e. The number of hydrogen-bond acceptors (Lipinski definition) is 4. The van der Waals surface area contributed by atoms with Crippen LogP contribution in [0, 0.1) is 0 Å². The average molecular weight is 338 g/mol. The lowest BCUT2D eigenvalue weighted by molar-refractivity contribution is 0.132. The third kappa shape index (κ3) is 3.60. The van der Waals surface area contributed by atoms with Gasteiger partial charge in [-0.1, -0.05) is 19.1 Å². The minimum Gasteiger partial charge on any atom is -0.392 e. The molecule has 2 fully saturated rings. The van der Waals surface area contributed by atoms with E-state index in [4.69, 9.17) is 0 Å². The quantitative estimate of drug-likeness (QED) is 0.903. The van der Waals surface area contributed by atoms with Crippen molar-refractivity contribution in [3.8, 4) is 0 Å². The molecule has 0 bridgehead atoms. The van der Waals surface area contributed by atoms with Gasteiger partial charge in [-0.15, -0.1) is 0 Å². The topological polar surface area (TPSA) is 60.9 Å². The number of hydrogen-bond donors (Lipinski definition) is 1. The second-order valence-electron chi connectivity index (χ2n) is 6.57. The molecule has 5 nitrogen and oxygen atoms in total. The van der Waals surface area contributed by atoms with Crippen LogP contribution in [-0.2, 0) is 16.4 Å². The third-order valence-corrected chi connectivity index (χ3v) is 7.02. The van der Waals surface area contributed by atoms with Crippen LogP contribution in [0.3, 0.4) is 0 Å². The van der Waals surface area contributed by atoms with E-state index in [0.717, 1.165) is 44.3 Å². The second kappa shape index (κ2) is 6.89. The van der Waals surface area contributed by atoms with Gasteiger partial charge >= 0.3 is 0 Å². The highest BCUT2D eigenvalue weighted by Crippen LogP contribution is 2.25. The Hall–Kier alpha value is -0.950. The van der Waals surface area contributed by atoms with Crippen LogP contribution < -0.4 is 0 Å². The lowest BCUT2D eigenvalue weighted by atomic mass is 10.1. The maximum atomic E-state index is 12.7. The van der Waals surface area contributed by atoms with Gasteiger partial charge in [-0.2, -0.15) is 4.31 Å². The number of β-amino-alcohol motifs (C(OH)–C–C–N with tert-alkyl or cyclic N) is 1. The first-order chi connectivity index (χ1) is 11.0. The maximum absolute atomic E-state index is 12.7. The number of aryl methyl sites for hydroxylation is 1. The summed E-state index contributed by atoms with van der Waals surface area (Å²) in [5, 5.41) is 9.65. The molecule has 0 spiro atoms. The lowest BCUT2D eigenvalue weighted by Gasteiger charge is -2.36. The standard InChI is InChI=1S/C17H26N2O3S/c1-2-14-3-5-17(6-4-14)23(21,22)19-11-7-15(8-12-19)18-10-9-16(20)13-18/h3-6,15-16,20H,2,7-13H2,1H3. The smallest absolute Gasteiger partial charge is 0.243 e. The van der Waals surface area contributed by atoms with Gasteiger partial charge in [0.1, 0.15) is 0 Å². The molecule has 0 saturated carbocycles. The van der Waals surface area contributed by atoms with Gasteiger partial charge in [-0.05, 0) is 43.4 Å². The normalized spacial score (nSPS) is 25.0. The molecule has 2 saturated heterocycles. The van der Waals surface area contributed by atoms with Crippen molar-refractivity contribution in [2.75, 3.05) is 26.2 Å². The van der Waals surface area contributed by atoms with E-state index in [0.29, 0.717) is 24.0 Å². The summed E-state index contributed by atoms with van der Waals surface area (Å²) in [6.45, 7) is 4.85. The monoisotopic (exact) mass is 338 g/mol. The molecule has 1 unspecified atom stereocenters. The van der Waals surface area contributed by atoms with Gasteiger partial charge in [0.15, 0.2) is 0 Å². The van der Waals surface area contributed by atoms with Crippen LogP contribution in [0.2, 0.25) is 0 Å². The Labute approximate surface area is 139 Å². The number of sulfonamides is 1. The Kier molecular flexibility index (Phi) is 5.06. The highest BCUT2D eigenvalue weighted by Gasteiger charge is 2.33. The highest BCUT2D eigenvalue weighted by molar-refractivity contribution is 7.89. The molecule has 0 aromatic heterocycles. The lowest BCUT2D eigenvalue weighted by Crippen LogP contribution is -2.46. The number of benzene rings is 1. The van der Waals surface area contributed by atoms with Gasteiger partial charge in [-0.25, -0.2) is 8.42 Å². The van der Waals surface area contributed by atoms with E-state index >= 15 is 0 Å². The number of nitrogens with zero attached hydrogens (tertiary/aromatic N) is 2. The van der Waals surface area contributed by atoms with Gasteiger partial charge in [0.2, 0.25) is 10.0 Å². The fourth-order valence-corrected chi connectivity index (χ4v) is 5.06. The van der Waals surface area contributed by atoms with E-state index in [1.807, 2.05) is 12.1 Å². The van der Waals surface area contributed by atoms with Crippen molar-refractivity contribution in [2.24, 2.45) is 0 Å². The molecule has 3 rings (SSSR count). The summed E-state index contributed by atoms with van der Waals surface area (Å²) in [6.07, 6.45) is 3.22.